The Labute approximate surface area is 129 Å². The molecule has 3 rings (SSSR count). The summed E-state index contributed by atoms with van der Waals surface area (Å²) in [4.78, 5) is 21.6. The van der Waals surface area contributed by atoms with E-state index in [0.717, 1.165) is 30.8 Å². The van der Waals surface area contributed by atoms with Gasteiger partial charge in [-0.3, -0.25) is 4.79 Å². The van der Waals surface area contributed by atoms with Crippen LogP contribution in [0.5, 0.6) is 0 Å². The number of aromatic nitrogens is 1. The number of nitrogen functional groups attached to an aromatic ring is 1. The van der Waals surface area contributed by atoms with Gasteiger partial charge in [0.25, 0.3) is 5.91 Å². The van der Waals surface area contributed by atoms with Crippen molar-refractivity contribution in [2.24, 2.45) is 0 Å². The number of nitrogens with two attached hydrogens (primary N) is 1. The molecule has 1 saturated carbocycles. The van der Waals surface area contributed by atoms with Crippen LogP contribution < -0.4 is 16.0 Å². The first-order valence-corrected chi connectivity index (χ1v) is 8.46. The molecule has 0 atom stereocenters. The molecule has 0 unspecified atom stereocenters. The molecule has 0 bridgehead atoms. The third kappa shape index (κ3) is 3.47. The smallest absolute Gasteiger partial charge is 0.265 e. The van der Waals surface area contributed by atoms with Crippen LogP contribution in [-0.4, -0.2) is 55.1 Å². The van der Waals surface area contributed by atoms with E-state index in [2.05, 4.69) is 27.1 Å². The maximum Gasteiger partial charge on any atom is 0.265 e. The lowest BCUT2D eigenvalue weighted by Gasteiger charge is -2.15. The summed E-state index contributed by atoms with van der Waals surface area (Å²) in [7, 11) is 2.11. The molecule has 1 aliphatic carbocycles. The highest BCUT2D eigenvalue weighted by Gasteiger charge is 2.26. The summed E-state index contributed by atoms with van der Waals surface area (Å²) in [5.74, 6) is 0.259. The lowest BCUT2D eigenvalue weighted by Crippen LogP contribution is -2.33. The van der Waals surface area contributed by atoms with E-state index in [4.69, 9.17) is 5.73 Å². The summed E-state index contributed by atoms with van der Waals surface area (Å²) in [5.41, 5.74) is 5.90. The fraction of sp³-hybridized carbons (Fsp3) is 0.714. The summed E-state index contributed by atoms with van der Waals surface area (Å²) in [5, 5.41) is 3.83. The highest BCUT2D eigenvalue weighted by atomic mass is 32.1. The summed E-state index contributed by atoms with van der Waals surface area (Å²) in [6.07, 6.45) is 4.94. The average molecular weight is 309 g/mol. The van der Waals surface area contributed by atoms with Gasteiger partial charge in [0.15, 0.2) is 5.13 Å². The molecule has 2 heterocycles. The maximum atomic E-state index is 12.2. The zero-order chi connectivity index (χ0) is 14.8. The molecule has 1 amide bonds. The standard InChI is InChI=1S/C14H23N5OS/c1-18(10-4-5-10)9-6-16-13(20)11-12(15)17-14(21-11)19-7-2-3-8-19/h10H,2-9,15H2,1H3,(H,16,20). The van der Waals surface area contributed by atoms with Crippen LogP contribution in [0.2, 0.25) is 0 Å². The second-order valence-electron chi connectivity index (χ2n) is 5.87. The SMILES string of the molecule is CN(CCNC(=O)c1sc(N2CCCC2)nc1N)C1CC1. The van der Waals surface area contributed by atoms with Crippen LogP contribution in [-0.2, 0) is 0 Å². The Morgan fingerprint density at radius 3 is 2.86 bits per heavy atom. The number of carbonyl (C=O) groups excluding carboxylic acids is 1. The van der Waals surface area contributed by atoms with E-state index in [1.54, 1.807) is 0 Å². The third-order valence-electron chi connectivity index (χ3n) is 4.15. The van der Waals surface area contributed by atoms with Gasteiger partial charge in [-0.05, 0) is 32.7 Å². The number of hydrogen-bond acceptors (Lipinski definition) is 6. The topological polar surface area (TPSA) is 74.5 Å². The molecule has 1 aromatic heterocycles. The minimum Gasteiger partial charge on any atom is -0.382 e. The molecular weight excluding hydrogens is 286 g/mol. The van der Waals surface area contributed by atoms with E-state index in [-0.39, 0.29) is 5.91 Å². The van der Waals surface area contributed by atoms with Crippen molar-refractivity contribution in [2.45, 2.75) is 31.7 Å². The molecule has 21 heavy (non-hydrogen) atoms. The predicted octanol–water partition coefficient (Wildman–Crippen LogP) is 1.15. The van der Waals surface area contributed by atoms with Gasteiger partial charge < -0.3 is 20.9 Å². The fourth-order valence-corrected chi connectivity index (χ4v) is 3.60. The molecule has 0 radical (unpaired) electrons. The third-order valence-corrected chi connectivity index (χ3v) is 5.28. The summed E-state index contributed by atoms with van der Waals surface area (Å²) in [6, 6.07) is 0.720. The van der Waals surface area contributed by atoms with E-state index in [0.29, 0.717) is 17.2 Å². The first kappa shape index (κ1) is 14.6. The van der Waals surface area contributed by atoms with Crippen LogP contribution >= 0.6 is 11.3 Å². The summed E-state index contributed by atoms with van der Waals surface area (Å²) >= 11 is 1.41. The Balaban J connectivity index is 1.53. The maximum absolute atomic E-state index is 12.2. The second kappa shape index (κ2) is 6.19. The van der Waals surface area contributed by atoms with Crippen molar-refractivity contribution in [1.29, 1.82) is 0 Å². The molecule has 7 heteroatoms. The number of nitrogens with zero attached hydrogens (tertiary/aromatic N) is 3. The number of likely N-dealkylation sites (N-methyl/N-ethyl adjacent to an activating group) is 1. The van der Waals surface area contributed by atoms with E-state index in [9.17, 15) is 4.79 Å². The number of thiazole rings is 1. The van der Waals surface area contributed by atoms with E-state index in [1.807, 2.05) is 0 Å². The number of anilines is 2. The Bertz CT molecular complexity index is 507. The van der Waals surface area contributed by atoms with Crippen molar-refractivity contribution in [3.63, 3.8) is 0 Å². The fourth-order valence-electron chi connectivity index (χ4n) is 2.65. The van der Waals surface area contributed by atoms with Crippen molar-refractivity contribution in [3.05, 3.63) is 4.88 Å². The van der Waals surface area contributed by atoms with Gasteiger partial charge in [-0.2, -0.15) is 0 Å². The van der Waals surface area contributed by atoms with Gasteiger partial charge in [0.05, 0.1) is 0 Å². The zero-order valence-corrected chi connectivity index (χ0v) is 13.3. The number of rotatable bonds is 6. The van der Waals surface area contributed by atoms with Crippen molar-refractivity contribution < 1.29 is 4.79 Å². The van der Waals surface area contributed by atoms with E-state index < -0.39 is 0 Å². The number of carbonyl (C=O) groups is 1. The molecule has 116 valence electrons. The molecule has 0 aromatic carbocycles. The van der Waals surface area contributed by atoms with Gasteiger partial charge in [-0.25, -0.2) is 4.98 Å². The molecule has 2 fully saturated rings. The highest BCUT2D eigenvalue weighted by Crippen LogP contribution is 2.30. The van der Waals surface area contributed by atoms with Gasteiger partial charge in [0.2, 0.25) is 0 Å². The van der Waals surface area contributed by atoms with Gasteiger partial charge in [-0.1, -0.05) is 11.3 Å². The molecule has 1 saturated heterocycles. The summed E-state index contributed by atoms with van der Waals surface area (Å²) < 4.78 is 0. The number of hydrogen-bond donors (Lipinski definition) is 2. The van der Waals surface area contributed by atoms with Crippen molar-refractivity contribution >= 4 is 28.2 Å². The minimum atomic E-state index is -0.0976. The molecule has 0 spiro atoms. The predicted molar refractivity (Wildman–Crippen MR) is 86.0 cm³/mol. The Morgan fingerprint density at radius 2 is 2.19 bits per heavy atom. The molecule has 1 aromatic rings. The molecule has 6 nitrogen and oxygen atoms in total. The lowest BCUT2D eigenvalue weighted by molar-refractivity contribution is 0.0954. The van der Waals surface area contributed by atoms with Crippen LogP contribution in [0.15, 0.2) is 0 Å². The normalized spacial score (nSPS) is 18.5. The first-order valence-electron chi connectivity index (χ1n) is 7.65. The van der Waals surface area contributed by atoms with Gasteiger partial charge >= 0.3 is 0 Å². The average Bonchev–Trinajstić information content (AvgIpc) is 3.03. The van der Waals surface area contributed by atoms with Crippen molar-refractivity contribution in [3.8, 4) is 0 Å². The summed E-state index contributed by atoms with van der Waals surface area (Å²) in [6.45, 7) is 3.57. The van der Waals surface area contributed by atoms with Gasteiger partial charge in [0.1, 0.15) is 10.7 Å². The van der Waals surface area contributed by atoms with Crippen LogP contribution in [0.3, 0.4) is 0 Å². The Kier molecular flexibility index (Phi) is 4.30. The second-order valence-corrected chi connectivity index (χ2v) is 6.85. The number of amides is 1. The Hall–Kier alpha value is -1.34. The van der Waals surface area contributed by atoms with Gasteiger partial charge in [-0.15, -0.1) is 0 Å². The quantitative estimate of drug-likeness (QED) is 0.824. The van der Waals surface area contributed by atoms with Crippen LogP contribution in [0.4, 0.5) is 10.9 Å². The first-order chi connectivity index (χ1) is 10.1. The van der Waals surface area contributed by atoms with Crippen molar-refractivity contribution in [1.82, 2.24) is 15.2 Å². The van der Waals surface area contributed by atoms with E-state index >= 15 is 0 Å². The zero-order valence-electron chi connectivity index (χ0n) is 12.5. The van der Waals surface area contributed by atoms with Gasteiger partial charge in [0, 0.05) is 32.2 Å². The van der Waals surface area contributed by atoms with Crippen LogP contribution in [0, 0.1) is 0 Å². The molecular formula is C14H23N5OS. The van der Waals surface area contributed by atoms with Crippen LogP contribution in [0.25, 0.3) is 0 Å². The monoisotopic (exact) mass is 309 g/mol. The van der Waals surface area contributed by atoms with E-state index in [1.165, 1.54) is 37.0 Å². The molecule has 1 aliphatic heterocycles. The minimum absolute atomic E-state index is 0.0976. The largest absolute Gasteiger partial charge is 0.382 e. The lowest BCUT2D eigenvalue weighted by atomic mass is 10.4. The Morgan fingerprint density at radius 1 is 1.48 bits per heavy atom. The molecule has 2 aliphatic rings. The highest BCUT2D eigenvalue weighted by molar-refractivity contribution is 7.18. The molecule has 3 N–H and O–H groups in total. The van der Waals surface area contributed by atoms with Crippen molar-refractivity contribution in [2.75, 3.05) is 43.9 Å². The van der Waals surface area contributed by atoms with Crippen LogP contribution in [0.1, 0.15) is 35.4 Å². The number of nitrogens with one attached hydrogen (secondary N) is 1.